The summed E-state index contributed by atoms with van der Waals surface area (Å²) in [7, 11) is 0. The summed E-state index contributed by atoms with van der Waals surface area (Å²) in [6.07, 6.45) is 0.669. The quantitative estimate of drug-likeness (QED) is 0.626. The zero-order valence-corrected chi connectivity index (χ0v) is 18.0. The molecule has 0 aliphatic rings. The number of amides is 2. The minimum atomic E-state index is -0.366. The average Bonchev–Trinajstić information content (AvgIpc) is 2.97. The van der Waals surface area contributed by atoms with Crippen molar-refractivity contribution in [1.29, 1.82) is 0 Å². The lowest BCUT2D eigenvalue weighted by atomic mass is 10.1. The van der Waals surface area contributed by atoms with Gasteiger partial charge >= 0.3 is 0 Å². The summed E-state index contributed by atoms with van der Waals surface area (Å²) in [4.78, 5) is 23.8. The molecule has 2 amide bonds. The number of thioether (sulfide) groups is 1. The van der Waals surface area contributed by atoms with Crippen molar-refractivity contribution in [1.82, 2.24) is 14.8 Å². The number of nitrogens with one attached hydrogen (secondary N) is 1. The fraction of sp³-hybridized carbons (Fsp3) is 0.500. The van der Waals surface area contributed by atoms with Gasteiger partial charge < -0.3 is 15.6 Å². The molecule has 0 aliphatic carbocycles. The molecular formula is C20H29N5O2S. The summed E-state index contributed by atoms with van der Waals surface area (Å²) in [6.45, 7) is 10.7. The van der Waals surface area contributed by atoms with E-state index < -0.39 is 0 Å². The van der Waals surface area contributed by atoms with Crippen LogP contribution in [0.2, 0.25) is 0 Å². The number of aromatic nitrogens is 3. The van der Waals surface area contributed by atoms with E-state index in [1.54, 1.807) is 0 Å². The van der Waals surface area contributed by atoms with Gasteiger partial charge in [0.2, 0.25) is 11.8 Å². The molecule has 0 fully saturated rings. The van der Waals surface area contributed by atoms with E-state index in [1.165, 1.54) is 11.8 Å². The summed E-state index contributed by atoms with van der Waals surface area (Å²) < 4.78 is 1.99. The first-order valence-corrected chi connectivity index (χ1v) is 10.3. The highest BCUT2D eigenvalue weighted by Gasteiger charge is 2.21. The van der Waals surface area contributed by atoms with E-state index in [2.05, 4.69) is 29.4 Å². The number of aryl methyl sites for hydroxylation is 3. The summed E-state index contributed by atoms with van der Waals surface area (Å²) in [5.74, 6) is 0.647. The van der Waals surface area contributed by atoms with E-state index in [0.29, 0.717) is 24.0 Å². The Morgan fingerprint density at radius 1 is 1.18 bits per heavy atom. The normalized spacial score (nSPS) is 12.2. The lowest BCUT2D eigenvalue weighted by molar-refractivity contribution is -0.118. The van der Waals surface area contributed by atoms with Crippen LogP contribution < -0.4 is 11.1 Å². The van der Waals surface area contributed by atoms with E-state index in [1.807, 2.05) is 43.5 Å². The van der Waals surface area contributed by atoms with Crippen molar-refractivity contribution in [3.8, 4) is 0 Å². The van der Waals surface area contributed by atoms with Gasteiger partial charge in [-0.05, 0) is 37.8 Å². The van der Waals surface area contributed by atoms with Gasteiger partial charge in [-0.2, -0.15) is 0 Å². The van der Waals surface area contributed by atoms with Crippen molar-refractivity contribution in [2.45, 2.75) is 64.4 Å². The van der Waals surface area contributed by atoms with Crippen LogP contribution in [0.15, 0.2) is 23.4 Å². The van der Waals surface area contributed by atoms with Gasteiger partial charge in [-0.1, -0.05) is 43.8 Å². The molecule has 0 unspecified atom stereocenters. The second-order valence-electron chi connectivity index (χ2n) is 7.39. The first-order valence-electron chi connectivity index (χ1n) is 9.43. The van der Waals surface area contributed by atoms with Crippen molar-refractivity contribution in [2.24, 2.45) is 11.7 Å². The maximum absolute atomic E-state index is 12.7. The summed E-state index contributed by atoms with van der Waals surface area (Å²) in [5, 5.41) is 11.8. The second-order valence-corrected chi connectivity index (χ2v) is 8.69. The number of carbonyl (C=O) groups is 2. The predicted molar refractivity (Wildman–Crippen MR) is 112 cm³/mol. The molecule has 0 saturated heterocycles. The predicted octanol–water partition coefficient (Wildman–Crippen LogP) is 3.09. The highest BCUT2D eigenvalue weighted by molar-refractivity contribution is 8.00. The second kappa shape index (κ2) is 9.73. The van der Waals surface area contributed by atoms with Crippen LogP contribution in [0.5, 0.6) is 0 Å². The van der Waals surface area contributed by atoms with Gasteiger partial charge in [-0.3, -0.25) is 9.59 Å². The van der Waals surface area contributed by atoms with Crippen LogP contribution in [0.25, 0.3) is 0 Å². The highest BCUT2D eigenvalue weighted by atomic mass is 32.2. The maximum Gasteiger partial charge on any atom is 0.237 e. The Hall–Kier alpha value is -2.35. The number of rotatable bonds is 9. The van der Waals surface area contributed by atoms with E-state index in [4.69, 9.17) is 5.73 Å². The van der Waals surface area contributed by atoms with Gasteiger partial charge in [0.25, 0.3) is 0 Å². The van der Waals surface area contributed by atoms with Crippen LogP contribution in [0.3, 0.4) is 0 Å². The third kappa shape index (κ3) is 5.82. The van der Waals surface area contributed by atoms with Gasteiger partial charge in [0.1, 0.15) is 5.82 Å². The zero-order valence-electron chi connectivity index (χ0n) is 17.2. The molecule has 1 heterocycles. The van der Waals surface area contributed by atoms with Crippen LogP contribution in [-0.4, -0.2) is 31.8 Å². The van der Waals surface area contributed by atoms with E-state index in [-0.39, 0.29) is 23.5 Å². The van der Waals surface area contributed by atoms with Crippen LogP contribution in [0.4, 0.5) is 5.69 Å². The van der Waals surface area contributed by atoms with Gasteiger partial charge in [0.15, 0.2) is 5.16 Å². The van der Waals surface area contributed by atoms with Crippen molar-refractivity contribution >= 4 is 29.3 Å². The smallest absolute Gasteiger partial charge is 0.237 e. The molecule has 2 aromatic rings. The molecule has 3 N–H and O–H groups in total. The standard InChI is InChI=1S/C20H29N5O2S/c1-12(2)11-25-17(10-9-16(21)26)23-24-20(25)28-15(5)19(27)22-18-13(3)7-6-8-14(18)4/h6-8,12,15H,9-11H2,1-5H3,(H2,21,26)(H,22,27)/t15-/m0/s1. The van der Waals surface area contributed by atoms with Crippen LogP contribution in [0, 0.1) is 19.8 Å². The number of benzene rings is 1. The monoisotopic (exact) mass is 403 g/mol. The van der Waals surface area contributed by atoms with Gasteiger partial charge in [-0.25, -0.2) is 0 Å². The molecule has 0 aliphatic heterocycles. The Labute approximate surface area is 170 Å². The van der Waals surface area contributed by atoms with E-state index >= 15 is 0 Å². The zero-order chi connectivity index (χ0) is 20.8. The topological polar surface area (TPSA) is 103 Å². The van der Waals surface area contributed by atoms with Crippen molar-refractivity contribution in [3.05, 3.63) is 35.2 Å². The minimum absolute atomic E-state index is 0.0832. The third-order valence-electron chi connectivity index (χ3n) is 4.32. The Bertz CT molecular complexity index is 827. The fourth-order valence-corrected chi connectivity index (χ4v) is 3.70. The Balaban J connectivity index is 2.14. The van der Waals surface area contributed by atoms with Crippen molar-refractivity contribution in [2.75, 3.05) is 5.32 Å². The number of primary amides is 1. The van der Waals surface area contributed by atoms with E-state index in [0.717, 1.165) is 22.6 Å². The van der Waals surface area contributed by atoms with Gasteiger partial charge in [0.05, 0.1) is 5.25 Å². The number of hydrogen-bond acceptors (Lipinski definition) is 5. The molecule has 0 spiro atoms. The molecule has 7 nitrogen and oxygen atoms in total. The molecule has 1 aromatic heterocycles. The molecule has 0 bridgehead atoms. The molecule has 1 aromatic carbocycles. The number of nitrogens with two attached hydrogens (primary N) is 1. The van der Waals surface area contributed by atoms with E-state index in [9.17, 15) is 9.59 Å². The molecule has 2 rings (SSSR count). The molecular weight excluding hydrogens is 374 g/mol. The molecule has 0 radical (unpaired) electrons. The number of carbonyl (C=O) groups excluding carboxylic acids is 2. The van der Waals surface area contributed by atoms with Crippen molar-refractivity contribution < 1.29 is 9.59 Å². The number of anilines is 1. The third-order valence-corrected chi connectivity index (χ3v) is 5.40. The van der Waals surface area contributed by atoms with Gasteiger partial charge in [-0.15, -0.1) is 10.2 Å². The Morgan fingerprint density at radius 3 is 2.39 bits per heavy atom. The lowest BCUT2D eigenvalue weighted by Crippen LogP contribution is -2.24. The number of para-hydroxylation sites is 1. The SMILES string of the molecule is Cc1cccc(C)c1NC(=O)[C@H](C)Sc1nnc(CCC(N)=O)n1CC(C)C. The maximum atomic E-state index is 12.7. The van der Waals surface area contributed by atoms with Crippen molar-refractivity contribution in [3.63, 3.8) is 0 Å². The molecule has 28 heavy (non-hydrogen) atoms. The first-order chi connectivity index (χ1) is 13.2. The number of nitrogens with zero attached hydrogens (tertiary/aromatic N) is 3. The Morgan fingerprint density at radius 2 is 1.82 bits per heavy atom. The minimum Gasteiger partial charge on any atom is -0.370 e. The summed E-state index contributed by atoms with van der Waals surface area (Å²) in [5.41, 5.74) is 8.17. The average molecular weight is 404 g/mol. The van der Waals surface area contributed by atoms with Gasteiger partial charge in [0, 0.05) is 25.1 Å². The number of hydrogen-bond donors (Lipinski definition) is 2. The lowest BCUT2D eigenvalue weighted by Gasteiger charge is -2.16. The molecule has 8 heteroatoms. The summed E-state index contributed by atoms with van der Waals surface area (Å²) in [6, 6.07) is 5.93. The fourth-order valence-electron chi connectivity index (χ4n) is 2.82. The first kappa shape index (κ1) is 21.9. The Kier molecular flexibility index (Phi) is 7.62. The largest absolute Gasteiger partial charge is 0.370 e. The molecule has 0 saturated carbocycles. The van der Waals surface area contributed by atoms with Crippen LogP contribution in [-0.2, 0) is 22.6 Å². The molecule has 152 valence electrons. The summed E-state index contributed by atoms with van der Waals surface area (Å²) >= 11 is 1.37. The van der Waals surface area contributed by atoms with Crippen LogP contribution in [0.1, 0.15) is 44.1 Å². The molecule has 1 atom stereocenters. The highest BCUT2D eigenvalue weighted by Crippen LogP contribution is 2.26. The van der Waals surface area contributed by atoms with Crippen LogP contribution >= 0.6 is 11.8 Å².